The molecular formula is C12H18N6OS. The van der Waals surface area contributed by atoms with Crippen molar-refractivity contribution < 1.29 is 4.79 Å². The van der Waals surface area contributed by atoms with Gasteiger partial charge in [0.2, 0.25) is 0 Å². The molecule has 2 rings (SSSR count). The largest absolute Gasteiger partial charge is 0.375 e. The molecule has 20 heavy (non-hydrogen) atoms. The number of aromatic nitrogens is 4. The van der Waals surface area contributed by atoms with Crippen molar-refractivity contribution in [2.75, 3.05) is 5.73 Å². The van der Waals surface area contributed by atoms with Crippen LogP contribution in [0.5, 0.6) is 0 Å². The van der Waals surface area contributed by atoms with Gasteiger partial charge in [-0.2, -0.15) is 5.10 Å². The Bertz CT molecular complexity index is 590. The monoisotopic (exact) mass is 294 g/mol. The third kappa shape index (κ3) is 3.32. The van der Waals surface area contributed by atoms with E-state index in [1.165, 1.54) is 17.7 Å². The van der Waals surface area contributed by atoms with Crippen molar-refractivity contribution in [3.63, 3.8) is 0 Å². The number of nitrogens with two attached hydrogens (primary N) is 1. The lowest BCUT2D eigenvalue weighted by molar-refractivity contribution is 0.0924. The maximum absolute atomic E-state index is 12.2. The fourth-order valence-electron chi connectivity index (χ4n) is 1.95. The first kappa shape index (κ1) is 14.4. The topological polar surface area (TPSA) is 98.7 Å². The highest BCUT2D eigenvalue weighted by molar-refractivity contribution is 7.13. The van der Waals surface area contributed by atoms with Crippen LogP contribution in [0.25, 0.3) is 0 Å². The first-order chi connectivity index (χ1) is 9.47. The van der Waals surface area contributed by atoms with E-state index in [4.69, 9.17) is 5.73 Å². The second-order valence-electron chi connectivity index (χ2n) is 4.97. The van der Waals surface area contributed by atoms with Crippen LogP contribution in [0.1, 0.15) is 42.6 Å². The van der Waals surface area contributed by atoms with Gasteiger partial charge in [-0.15, -0.1) is 11.3 Å². The van der Waals surface area contributed by atoms with Crippen LogP contribution in [-0.4, -0.2) is 25.7 Å². The zero-order valence-electron chi connectivity index (χ0n) is 11.7. The molecule has 7 nitrogen and oxygen atoms in total. The summed E-state index contributed by atoms with van der Waals surface area (Å²) in [4.78, 5) is 20.4. The zero-order chi connectivity index (χ0) is 14.7. The molecule has 0 aliphatic carbocycles. The number of hydrogen-bond acceptors (Lipinski definition) is 6. The molecule has 8 heteroatoms. The predicted octanol–water partition coefficient (Wildman–Crippen LogP) is 1.37. The van der Waals surface area contributed by atoms with Crippen LogP contribution in [0.2, 0.25) is 0 Å². The summed E-state index contributed by atoms with van der Waals surface area (Å²) in [6.45, 7) is 4.19. The molecule has 2 heterocycles. The SMILES string of the molecule is CC(C)C[C@@H](NC(=O)c1csc(N)n1)c1ncnn1C. The third-order valence-electron chi connectivity index (χ3n) is 2.83. The summed E-state index contributed by atoms with van der Waals surface area (Å²) in [5, 5.41) is 9.03. The lowest BCUT2D eigenvalue weighted by Gasteiger charge is -2.19. The number of rotatable bonds is 5. The van der Waals surface area contributed by atoms with Crippen LogP contribution in [0, 0.1) is 5.92 Å². The van der Waals surface area contributed by atoms with E-state index in [-0.39, 0.29) is 11.9 Å². The zero-order valence-corrected chi connectivity index (χ0v) is 12.5. The van der Waals surface area contributed by atoms with Gasteiger partial charge in [0.05, 0.1) is 6.04 Å². The summed E-state index contributed by atoms with van der Waals surface area (Å²) in [5.74, 6) is 0.902. The number of carbonyl (C=O) groups excluding carboxylic acids is 1. The molecule has 0 radical (unpaired) electrons. The van der Waals surface area contributed by atoms with Crippen molar-refractivity contribution in [1.29, 1.82) is 0 Å². The number of anilines is 1. The molecule has 0 aliphatic rings. The van der Waals surface area contributed by atoms with E-state index in [9.17, 15) is 4.79 Å². The molecule has 2 aromatic heterocycles. The Hall–Kier alpha value is -1.96. The summed E-state index contributed by atoms with van der Waals surface area (Å²) in [5.41, 5.74) is 5.88. The van der Waals surface area contributed by atoms with Crippen molar-refractivity contribution in [2.45, 2.75) is 26.3 Å². The van der Waals surface area contributed by atoms with Gasteiger partial charge in [0.1, 0.15) is 17.8 Å². The maximum atomic E-state index is 12.2. The number of nitrogens with one attached hydrogen (secondary N) is 1. The van der Waals surface area contributed by atoms with Crippen molar-refractivity contribution in [3.05, 3.63) is 23.2 Å². The Labute approximate surface area is 121 Å². The Morgan fingerprint density at radius 1 is 1.55 bits per heavy atom. The summed E-state index contributed by atoms with van der Waals surface area (Å²) in [7, 11) is 1.81. The highest BCUT2D eigenvalue weighted by Gasteiger charge is 2.22. The van der Waals surface area contributed by atoms with E-state index in [1.54, 1.807) is 10.1 Å². The Morgan fingerprint density at radius 2 is 2.30 bits per heavy atom. The lowest BCUT2D eigenvalue weighted by Crippen LogP contribution is -2.31. The molecule has 2 aromatic rings. The summed E-state index contributed by atoms with van der Waals surface area (Å²) < 4.78 is 1.67. The minimum Gasteiger partial charge on any atom is -0.375 e. The molecule has 0 spiro atoms. The third-order valence-corrected chi connectivity index (χ3v) is 3.50. The lowest BCUT2D eigenvalue weighted by atomic mass is 10.0. The maximum Gasteiger partial charge on any atom is 0.271 e. The fourth-order valence-corrected chi connectivity index (χ4v) is 2.49. The van der Waals surface area contributed by atoms with Gasteiger partial charge in [-0.3, -0.25) is 9.48 Å². The Balaban J connectivity index is 2.16. The smallest absolute Gasteiger partial charge is 0.271 e. The molecule has 0 fully saturated rings. The van der Waals surface area contributed by atoms with Crippen molar-refractivity contribution in [3.8, 4) is 0 Å². The van der Waals surface area contributed by atoms with Gasteiger partial charge >= 0.3 is 0 Å². The molecule has 0 unspecified atom stereocenters. The number of thiazole rings is 1. The predicted molar refractivity (Wildman–Crippen MR) is 77.2 cm³/mol. The second-order valence-corrected chi connectivity index (χ2v) is 5.86. The number of nitrogen functional groups attached to an aromatic ring is 1. The van der Waals surface area contributed by atoms with Crippen LogP contribution in [0.3, 0.4) is 0 Å². The van der Waals surface area contributed by atoms with E-state index in [1.807, 2.05) is 7.05 Å². The quantitative estimate of drug-likeness (QED) is 0.867. The molecule has 0 bridgehead atoms. The normalized spacial score (nSPS) is 12.6. The summed E-state index contributed by atoms with van der Waals surface area (Å²) in [6, 6.07) is -0.196. The minimum atomic E-state index is -0.244. The Kier molecular flexibility index (Phi) is 4.33. The van der Waals surface area contributed by atoms with Crippen LogP contribution in [-0.2, 0) is 7.05 Å². The van der Waals surface area contributed by atoms with Gasteiger partial charge < -0.3 is 11.1 Å². The Morgan fingerprint density at radius 3 is 2.80 bits per heavy atom. The molecule has 0 saturated heterocycles. The standard InChI is InChI=1S/C12H18N6OS/c1-7(2)4-8(10-14-6-15-18(10)3)16-11(19)9-5-20-12(13)17-9/h5-8H,4H2,1-3H3,(H2,13,17)(H,16,19)/t8-/m1/s1. The highest BCUT2D eigenvalue weighted by Crippen LogP contribution is 2.20. The molecule has 1 amide bonds. The molecule has 1 atom stereocenters. The average molecular weight is 294 g/mol. The van der Waals surface area contributed by atoms with Crippen LogP contribution in [0.15, 0.2) is 11.7 Å². The summed E-state index contributed by atoms with van der Waals surface area (Å²) in [6.07, 6.45) is 2.26. The molecule has 0 saturated carbocycles. The van der Waals surface area contributed by atoms with E-state index in [0.29, 0.717) is 16.7 Å². The van der Waals surface area contributed by atoms with Gasteiger partial charge in [-0.05, 0) is 12.3 Å². The fraction of sp³-hybridized carbons (Fsp3) is 0.500. The second kappa shape index (κ2) is 6.00. The first-order valence-corrected chi connectivity index (χ1v) is 7.21. The number of carbonyl (C=O) groups is 1. The van der Waals surface area contributed by atoms with Gasteiger partial charge in [0.15, 0.2) is 5.13 Å². The van der Waals surface area contributed by atoms with Gasteiger partial charge in [-0.25, -0.2) is 9.97 Å². The minimum absolute atomic E-state index is 0.196. The van der Waals surface area contributed by atoms with Crippen molar-refractivity contribution in [1.82, 2.24) is 25.1 Å². The van der Waals surface area contributed by atoms with E-state index >= 15 is 0 Å². The number of hydrogen-bond donors (Lipinski definition) is 2. The number of aryl methyl sites for hydroxylation is 1. The highest BCUT2D eigenvalue weighted by atomic mass is 32.1. The van der Waals surface area contributed by atoms with Crippen LogP contribution < -0.4 is 11.1 Å². The molecule has 0 aliphatic heterocycles. The number of amides is 1. The van der Waals surface area contributed by atoms with Crippen LogP contribution >= 0.6 is 11.3 Å². The van der Waals surface area contributed by atoms with Gasteiger partial charge in [0.25, 0.3) is 5.91 Å². The van der Waals surface area contributed by atoms with E-state index in [2.05, 4.69) is 34.2 Å². The van der Waals surface area contributed by atoms with Crippen LogP contribution in [0.4, 0.5) is 5.13 Å². The molecule has 0 aromatic carbocycles. The first-order valence-electron chi connectivity index (χ1n) is 6.33. The molecule has 3 N–H and O–H groups in total. The summed E-state index contributed by atoms with van der Waals surface area (Å²) >= 11 is 1.25. The van der Waals surface area contributed by atoms with E-state index in [0.717, 1.165) is 12.2 Å². The van der Waals surface area contributed by atoms with Crippen molar-refractivity contribution >= 4 is 22.4 Å². The van der Waals surface area contributed by atoms with Crippen molar-refractivity contribution in [2.24, 2.45) is 13.0 Å². The number of nitrogens with zero attached hydrogens (tertiary/aromatic N) is 4. The van der Waals surface area contributed by atoms with Gasteiger partial charge in [-0.1, -0.05) is 13.8 Å². The molecular weight excluding hydrogens is 276 g/mol. The molecule has 108 valence electrons. The van der Waals surface area contributed by atoms with Gasteiger partial charge in [0, 0.05) is 12.4 Å². The average Bonchev–Trinajstić information content (AvgIpc) is 2.96. The van der Waals surface area contributed by atoms with E-state index < -0.39 is 0 Å².